The average Bonchev–Trinajstić information content (AvgIpc) is 3.27. The van der Waals surface area contributed by atoms with Crippen molar-refractivity contribution in [3.8, 4) is 17.1 Å². The van der Waals surface area contributed by atoms with E-state index < -0.39 is 0 Å². The van der Waals surface area contributed by atoms with Gasteiger partial charge in [0.1, 0.15) is 12.4 Å². The highest BCUT2D eigenvalue weighted by molar-refractivity contribution is 5.95. The van der Waals surface area contributed by atoms with Gasteiger partial charge < -0.3 is 19.5 Å². The minimum Gasteiger partial charge on any atom is -0.488 e. The summed E-state index contributed by atoms with van der Waals surface area (Å²) in [4.78, 5) is 17.7. The summed E-state index contributed by atoms with van der Waals surface area (Å²) in [6.07, 6.45) is 0.891. The molecular formula is C26H30N4O3. The topological polar surface area (TPSA) is 70.8 Å². The summed E-state index contributed by atoms with van der Waals surface area (Å²) in [6.45, 7) is 9.34. The van der Waals surface area contributed by atoms with Crippen LogP contribution in [0.1, 0.15) is 35.0 Å². The second-order valence-electron chi connectivity index (χ2n) is 8.92. The van der Waals surface area contributed by atoms with Crippen molar-refractivity contribution in [1.29, 1.82) is 0 Å². The van der Waals surface area contributed by atoms with Gasteiger partial charge in [0.15, 0.2) is 11.5 Å². The summed E-state index contributed by atoms with van der Waals surface area (Å²) in [5.74, 6) is 1.17. The van der Waals surface area contributed by atoms with Crippen LogP contribution >= 0.6 is 0 Å². The third kappa shape index (κ3) is 4.46. The highest BCUT2D eigenvalue weighted by atomic mass is 16.5. The van der Waals surface area contributed by atoms with E-state index in [-0.39, 0.29) is 5.91 Å². The largest absolute Gasteiger partial charge is 0.488 e. The summed E-state index contributed by atoms with van der Waals surface area (Å²) < 4.78 is 11.3. The van der Waals surface area contributed by atoms with Gasteiger partial charge in [0.25, 0.3) is 5.91 Å². The van der Waals surface area contributed by atoms with Crippen LogP contribution in [-0.4, -0.2) is 54.7 Å². The Hall–Kier alpha value is -3.32. The van der Waals surface area contributed by atoms with Crippen LogP contribution in [0.5, 0.6) is 5.75 Å². The second-order valence-corrected chi connectivity index (χ2v) is 8.92. The summed E-state index contributed by atoms with van der Waals surface area (Å²) in [7, 11) is 0. The molecule has 3 heterocycles. The lowest BCUT2D eigenvalue weighted by Gasteiger charge is -2.41. The number of benzene rings is 2. The lowest BCUT2D eigenvalue weighted by Crippen LogP contribution is -2.52. The van der Waals surface area contributed by atoms with Crippen molar-refractivity contribution < 1.29 is 14.1 Å². The van der Waals surface area contributed by atoms with E-state index in [4.69, 9.17) is 9.26 Å². The van der Waals surface area contributed by atoms with Crippen LogP contribution in [0, 0.1) is 6.92 Å². The average molecular weight is 447 g/mol. The lowest BCUT2D eigenvalue weighted by atomic mass is 10.0. The maximum absolute atomic E-state index is 12.7. The zero-order valence-electron chi connectivity index (χ0n) is 19.2. The van der Waals surface area contributed by atoms with E-state index in [9.17, 15) is 4.79 Å². The maximum Gasteiger partial charge on any atom is 0.273 e. The number of aromatic nitrogens is 1. The van der Waals surface area contributed by atoms with Crippen LogP contribution in [0.3, 0.4) is 0 Å². The number of hydrogen-bond acceptors (Lipinski definition) is 6. The highest BCUT2D eigenvalue weighted by Crippen LogP contribution is 2.38. The fraction of sp³-hybridized carbons (Fsp3) is 0.385. The number of carbonyl (C=O) groups excluding carboxylic acids is 1. The fourth-order valence-corrected chi connectivity index (χ4v) is 4.78. The maximum atomic E-state index is 12.7. The highest BCUT2D eigenvalue weighted by Gasteiger charge is 2.28. The number of rotatable bonds is 6. The molecular weight excluding hydrogens is 416 g/mol. The number of para-hydroxylation sites is 1. The number of ether oxygens (including phenoxy) is 1. The molecule has 3 aromatic rings. The molecule has 1 saturated heterocycles. The SMILES string of the molecule is Cc1cccc(N2CCN(CCCNC(=O)c3noc4c3COc3ccccc3-4)C[C@@H]2C)c1. The van der Waals surface area contributed by atoms with Crippen molar-refractivity contribution >= 4 is 11.6 Å². The Morgan fingerprint density at radius 1 is 1.18 bits per heavy atom. The molecule has 1 fully saturated rings. The predicted octanol–water partition coefficient (Wildman–Crippen LogP) is 3.87. The Balaban J connectivity index is 1.10. The molecule has 0 spiro atoms. The first-order valence-electron chi connectivity index (χ1n) is 11.6. The third-order valence-electron chi connectivity index (χ3n) is 6.49. The Morgan fingerprint density at radius 3 is 2.91 bits per heavy atom. The zero-order valence-corrected chi connectivity index (χ0v) is 19.2. The first-order valence-corrected chi connectivity index (χ1v) is 11.6. The minimum atomic E-state index is -0.208. The Labute approximate surface area is 194 Å². The molecule has 7 nitrogen and oxygen atoms in total. The van der Waals surface area contributed by atoms with E-state index in [1.807, 2.05) is 24.3 Å². The molecule has 0 aliphatic carbocycles. The molecule has 33 heavy (non-hydrogen) atoms. The van der Waals surface area contributed by atoms with Crippen LogP contribution < -0.4 is 15.0 Å². The van der Waals surface area contributed by atoms with Crippen LogP contribution in [0.15, 0.2) is 53.1 Å². The van der Waals surface area contributed by atoms with Crippen LogP contribution in [0.2, 0.25) is 0 Å². The second kappa shape index (κ2) is 9.27. The molecule has 5 rings (SSSR count). The van der Waals surface area contributed by atoms with E-state index in [0.717, 1.165) is 43.9 Å². The van der Waals surface area contributed by atoms with Crippen LogP contribution in [-0.2, 0) is 6.61 Å². The standard InChI is InChI=1S/C26H30N4O3/c1-18-7-5-8-20(15-18)30-14-13-29(16-19(30)2)12-6-11-27-26(31)24-22-17-32-23-10-4-3-9-21(23)25(22)33-28-24/h3-5,7-10,15,19H,6,11-14,16-17H2,1-2H3,(H,27,31)/t19-/m0/s1. The molecule has 0 saturated carbocycles. The smallest absolute Gasteiger partial charge is 0.273 e. The van der Waals surface area contributed by atoms with E-state index in [2.05, 4.69) is 58.4 Å². The molecule has 172 valence electrons. The van der Waals surface area contributed by atoms with Crippen LogP contribution in [0.25, 0.3) is 11.3 Å². The molecule has 0 radical (unpaired) electrons. The Kier molecular flexibility index (Phi) is 6.05. The van der Waals surface area contributed by atoms with Crippen LogP contribution in [0.4, 0.5) is 5.69 Å². The molecule has 2 aliphatic rings. The molecule has 0 unspecified atom stereocenters. The van der Waals surface area contributed by atoms with E-state index in [1.165, 1.54) is 11.3 Å². The van der Waals surface area contributed by atoms with Crippen molar-refractivity contribution in [2.75, 3.05) is 37.6 Å². The number of fused-ring (bicyclic) bond motifs is 3. The summed E-state index contributed by atoms with van der Waals surface area (Å²) in [5.41, 5.74) is 4.47. The zero-order chi connectivity index (χ0) is 22.8. The molecule has 7 heteroatoms. The molecule has 1 amide bonds. The predicted molar refractivity (Wildman–Crippen MR) is 128 cm³/mol. The van der Waals surface area contributed by atoms with Gasteiger partial charge in [-0.05, 0) is 56.6 Å². The number of nitrogens with one attached hydrogen (secondary N) is 1. The molecule has 0 bridgehead atoms. The molecule has 1 aromatic heterocycles. The van der Waals surface area contributed by atoms with Gasteiger partial charge in [-0.25, -0.2) is 0 Å². The normalized spacial score (nSPS) is 17.8. The summed E-state index contributed by atoms with van der Waals surface area (Å²) >= 11 is 0. The van der Waals surface area contributed by atoms with Gasteiger partial charge in [-0.1, -0.05) is 29.4 Å². The number of piperazine rings is 1. The molecule has 1 atom stereocenters. The van der Waals surface area contributed by atoms with Gasteiger partial charge in [0, 0.05) is 37.9 Å². The van der Waals surface area contributed by atoms with Gasteiger partial charge in [0.2, 0.25) is 0 Å². The monoisotopic (exact) mass is 446 g/mol. The first kappa shape index (κ1) is 21.5. The van der Waals surface area contributed by atoms with Gasteiger partial charge in [0.05, 0.1) is 11.1 Å². The molecule has 1 N–H and O–H groups in total. The van der Waals surface area contributed by atoms with Crippen molar-refractivity contribution in [3.05, 3.63) is 65.4 Å². The number of carbonyl (C=O) groups is 1. The molecule has 2 aromatic carbocycles. The Bertz CT molecular complexity index is 1140. The quantitative estimate of drug-likeness (QED) is 0.580. The number of hydrogen-bond donors (Lipinski definition) is 1. The van der Waals surface area contributed by atoms with Crippen molar-refractivity contribution in [3.63, 3.8) is 0 Å². The van der Waals surface area contributed by atoms with Crippen molar-refractivity contribution in [2.24, 2.45) is 0 Å². The van der Waals surface area contributed by atoms with Crippen molar-refractivity contribution in [2.45, 2.75) is 32.9 Å². The van der Waals surface area contributed by atoms with Gasteiger partial charge in [-0.3, -0.25) is 9.69 Å². The third-order valence-corrected chi connectivity index (χ3v) is 6.49. The Morgan fingerprint density at radius 2 is 2.06 bits per heavy atom. The van der Waals surface area contributed by atoms with Crippen molar-refractivity contribution in [1.82, 2.24) is 15.4 Å². The number of anilines is 1. The molecule has 2 aliphatic heterocycles. The van der Waals surface area contributed by atoms with Gasteiger partial charge in [-0.2, -0.15) is 0 Å². The van der Waals surface area contributed by atoms with E-state index in [0.29, 0.717) is 36.2 Å². The minimum absolute atomic E-state index is 0.208. The summed E-state index contributed by atoms with van der Waals surface area (Å²) in [6, 6.07) is 16.8. The fourth-order valence-electron chi connectivity index (χ4n) is 4.78. The van der Waals surface area contributed by atoms with E-state index in [1.54, 1.807) is 0 Å². The number of amides is 1. The number of aryl methyl sites for hydroxylation is 1. The summed E-state index contributed by atoms with van der Waals surface area (Å²) in [5, 5.41) is 7.03. The first-order chi connectivity index (χ1) is 16.1. The van der Waals surface area contributed by atoms with Gasteiger partial charge >= 0.3 is 0 Å². The lowest BCUT2D eigenvalue weighted by molar-refractivity contribution is 0.0940. The van der Waals surface area contributed by atoms with E-state index >= 15 is 0 Å². The van der Waals surface area contributed by atoms with Gasteiger partial charge in [-0.15, -0.1) is 0 Å². The number of nitrogens with zero attached hydrogens (tertiary/aromatic N) is 3.